The molecule has 9 nitrogen and oxygen atoms in total. The van der Waals surface area contributed by atoms with Crippen molar-refractivity contribution in [1.29, 1.82) is 0 Å². The molecule has 32 heavy (non-hydrogen) atoms. The molecule has 0 bridgehead atoms. The normalized spacial score (nSPS) is 16.1. The smallest absolute Gasteiger partial charge is 0.269 e. The maximum atomic E-state index is 12.9. The molecule has 1 atom stereocenters. The molecule has 3 aromatic rings. The van der Waals surface area contributed by atoms with Crippen molar-refractivity contribution in [2.24, 2.45) is 15.3 Å². The quantitative estimate of drug-likeness (QED) is 0.199. The van der Waals surface area contributed by atoms with E-state index in [0.717, 1.165) is 22.2 Å². The first-order chi connectivity index (χ1) is 15.2. The van der Waals surface area contributed by atoms with E-state index < -0.39 is 16.9 Å². The Labute approximate surface area is 203 Å². The van der Waals surface area contributed by atoms with Crippen LogP contribution in [0.15, 0.2) is 61.6 Å². The first-order valence-electron chi connectivity index (χ1n) is 8.89. The number of hydrogen-bond donors (Lipinski definition) is 0. The van der Waals surface area contributed by atoms with Gasteiger partial charge in [-0.3, -0.25) is 14.9 Å². The van der Waals surface area contributed by atoms with Crippen molar-refractivity contribution in [3.05, 3.63) is 66.4 Å². The van der Waals surface area contributed by atoms with Gasteiger partial charge in [0.05, 0.1) is 26.4 Å². The van der Waals surface area contributed by atoms with Gasteiger partial charge in [0.2, 0.25) is 5.13 Å². The molecule has 0 unspecified atom stereocenters. The zero-order chi connectivity index (χ0) is 23.0. The van der Waals surface area contributed by atoms with Crippen molar-refractivity contribution >= 4 is 78.6 Å². The van der Waals surface area contributed by atoms with Crippen LogP contribution < -0.4 is 5.01 Å². The molecule has 0 saturated carbocycles. The van der Waals surface area contributed by atoms with Crippen LogP contribution in [0.3, 0.4) is 0 Å². The van der Waals surface area contributed by atoms with Crippen molar-refractivity contribution in [3.63, 3.8) is 0 Å². The number of carbonyl (C=O) groups is 1. The molecule has 1 amide bonds. The molecule has 0 aliphatic carbocycles. The second-order valence-electron chi connectivity index (χ2n) is 6.55. The monoisotopic (exact) mass is 552 g/mol. The number of carbonyl (C=O) groups excluding carboxylic acids is 1. The van der Waals surface area contributed by atoms with Gasteiger partial charge in [0, 0.05) is 27.5 Å². The molecule has 2 aromatic carbocycles. The lowest BCUT2D eigenvalue weighted by Gasteiger charge is -2.08. The molecule has 2 heterocycles. The highest BCUT2D eigenvalue weighted by Crippen LogP contribution is 2.38. The van der Waals surface area contributed by atoms with Crippen LogP contribution in [0.1, 0.15) is 6.92 Å². The third-order valence-electron chi connectivity index (χ3n) is 4.40. The standard InChI is InChI=1S/C19H11BrCl2N6O3S/c1-9-16(24-25-17-13(21)6-12(28(30)31)7-14(17)22)18(29)27(26-9)19-23-15(8-32-19)10-2-4-11(20)5-3-10/h2-8,16H,1H3/t16-/m0/s1. The highest BCUT2D eigenvalue weighted by Gasteiger charge is 2.36. The van der Waals surface area contributed by atoms with Crippen molar-refractivity contribution in [2.45, 2.75) is 13.0 Å². The van der Waals surface area contributed by atoms with Crippen LogP contribution in [-0.4, -0.2) is 27.6 Å². The summed E-state index contributed by atoms with van der Waals surface area (Å²) in [6.07, 6.45) is 0. The molecule has 4 rings (SSSR count). The number of hydrazone groups is 1. The molecule has 0 fully saturated rings. The number of nitrogens with zero attached hydrogens (tertiary/aromatic N) is 6. The minimum absolute atomic E-state index is 0.0322. The van der Waals surface area contributed by atoms with Crippen LogP contribution in [0.4, 0.5) is 16.5 Å². The molecule has 13 heteroatoms. The summed E-state index contributed by atoms with van der Waals surface area (Å²) >= 11 is 16.8. The van der Waals surface area contributed by atoms with E-state index in [4.69, 9.17) is 23.2 Å². The fraction of sp³-hybridized carbons (Fsp3) is 0.105. The predicted octanol–water partition coefficient (Wildman–Crippen LogP) is 6.66. The van der Waals surface area contributed by atoms with E-state index in [1.807, 2.05) is 29.6 Å². The number of nitro benzene ring substituents is 1. The lowest BCUT2D eigenvalue weighted by Crippen LogP contribution is -2.29. The van der Waals surface area contributed by atoms with Gasteiger partial charge in [0.25, 0.3) is 11.6 Å². The van der Waals surface area contributed by atoms with E-state index in [9.17, 15) is 14.9 Å². The number of anilines is 1. The number of benzene rings is 2. The van der Waals surface area contributed by atoms with Crippen LogP contribution >= 0.6 is 50.5 Å². The summed E-state index contributed by atoms with van der Waals surface area (Å²) in [5.74, 6) is -0.433. The Morgan fingerprint density at radius 2 is 1.88 bits per heavy atom. The molecule has 1 aliphatic heterocycles. The van der Waals surface area contributed by atoms with E-state index in [2.05, 4.69) is 36.2 Å². The van der Waals surface area contributed by atoms with Crippen molar-refractivity contribution < 1.29 is 9.72 Å². The first kappa shape index (κ1) is 22.5. The maximum absolute atomic E-state index is 12.9. The second-order valence-corrected chi connectivity index (χ2v) is 9.11. The summed E-state index contributed by atoms with van der Waals surface area (Å²) in [5, 5.41) is 26.5. The molecule has 0 radical (unpaired) electrons. The molecule has 1 aromatic heterocycles. The van der Waals surface area contributed by atoms with Crippen LogP contribution in [0, 0.1) is 10.1 Å². The second kappa shape index (κ2) is 9.02. The Hall–Kier alpha value is -2.73. The van der Waals surface area contributed by atoms with Gasteiger partial charge >= 0.3 is 0 Å². The predicted molar refractivity (Wildman–Crippen MR) is 127 cm³/mol. The summed E-state index contributed by atoms with van der Waals surface area (Å²) < 4.78 is 0.952. The van der Waals surface area contributed by atoms with E-state index in [-0.39, 0.29) is 21.4 Å². The van der Waals surface area contributed by atoms with E-state index in [1.165, 1.54) is 16.3 Å². The van der Waals surface area contributed by atoms with Gasteiger partial charge in [-0.1, -0.05) is 51.3 Å². The number of hydrogen-bond acceptors (Lipinski definition) is 8. The molecule has 1 aliphatic rings. The topological polar surface area (TPSA) is 113 Å². The Bertz CT molecular complexity index is 1270. The van der Waals surface area contributed by atoms with Crippen molar-refractivity contribution in [3.8, 4) is 11.3 Å². The van der Waals surface area contributed by atoms with Gasteiger partial charge in [-0.15, -0.1) is 11.3 Å². The average Bonchev–Trinajstić information content (AvgIpc) is 3.33. The number of aromatic nitrogens is 1. The zero-order valence-electron chi connectivity index (χ0n) is 16.1. The number of non-ortho nitro benzene ring substituents is 1. The fourth-order valence-corrected chi connectivity index (χ4v) is 4.41. The first-order valence-corrected chi connectivity index (χ1v) is 11.3. The van der Waals surface area contributed by atoms with Crippen molar-refractivity contribution in [1.82, 2.24) is 4.98 Å². The zero-order valence-corrected chi connectivity index (χ0v) is 20.0. The SMILES string of the molecule is CC1=NN(c2nc(-c3ccc(Br)cc3)cs2)C(=O)[C@H]1N=Nc1c(Cl)cc([N+](=O)[O-])cc1Cl. The summed E-state index contributed by atoms with van der Waals surface area (Å²) in [5.41, 5.74) is 1.79. The van der Waals surface area contributed by atoms with Gasteiger partial charge in [0.15, 0.2) is 6.04 Å². The Morgan fingerprint density at radius 3 is 2.50 bits per heavy atom. The number of halogens is 3. The maximum Gasteiger partial charge on any atom is 0.282 e. The highest BCUT2D eigenvalue weighted by molar-refractivity contribution is 9.10. The molecule has 0 saturated heterocycles. The Morgan fingerprint density at radius 1 is 1.22 bits per heavy atom. The van der Waals surface area contributed by atoms with Crippen molar-refractivity contribution in [2.75, 3.05) is 5.01 Å². The largest absolute Gasteiger partial charge is 0.282 e. The summed E-state index contributed by atoms with van der Waals surface area (Å²) in [4.78, 5) is 27.7. The summed E-state index contributed by atoms with van der Waals surface area (Å²) in [6, 6.07) is 8.88. The lowest BCUT2D eigenvalue weighted by atomic mass is 10.2. The Kier molecular flexibility index (Phi) is 6.33. The third kappa shape index (κ3) is 4.42. The van der Waals surface area contributed by atoms with E-state index >= 15 is 0 Å². The van der Waals surface area contributed by atoms with E-state index in [0.29, 0.717) is 16.5 Å². The fourth-order valence-electron chi connectivity index (χ4n) is 2.81. The number of rotatable bonds is 5. The van der Waals surface area contributed by atoms with Crippen LogP contribution in [0.5, 0.6) is 0 Å². The van der Waals surface area contributed by atoms with E-state index in [1.54, 1.807) is 6.92 Å². The van der Waals surface area contributed by atoms with Crippen LogP contribution in [0.25, 0.3) is 11.3 Å². The average molecular weight is 554 g/mol. The number of thiazole rings is 1. The summed E-state index contributed by atoms with van der Waals surface area (Å²) in [6.45, 7) is 1.64. The van der Waals surface area contributed by atoms with Gasteiger partial charge < -0.3 is 0 Å². The van der Waals surface area contributed by atoms with Crippen LogP contribution in [0.2, 0.25) is 10.0 Å². The molecule has 0 N–H and O–H groups in total. The van der Waals surface area contributed by atoms with Gasteiger partial charge in [0.1, 0.15) is 5.69 Å². The minimum Gasteiger partial charge on any atom is -0.269 e. The molecule has 0 spiro atoms. The number of azo groups is 1. The summed E-state index contributed by atoms with van der Waals surface area (Å²) in [7, 11) is 0. The van der Waals surface area contributed by atoms with Crippen LogP contribution in [-0.2, 0) is 4.79 Å². The lowest BCUT2D eigenvalue weighted by molar-refractivity contribution is -0.384. The molecular weight excluding hydrogens is 543 g/mol. The minimum atomic E-state index is -0.989. The molecule has 162 valence electrons. The Balaban J connectivity index is 1.56. The van der Waals surface area contributed by atoms with Gasteiger partial charge in [-0.05, 0) is 19.1 Å². The third-order valence-corrected chi connectivity index (χ3v) is 6.32. The van der Waals surface area contributed by atoms with Gasteiger partial charge in [-0.2, -0.15) is 20.3 Å². The molecular formula is C19H11BrCl2N6O3S. The highest BCUT2D eigenvalue weighted by atomic mass is 79.9. The number of amides is 1. The van der Waals surface area contributed by atoms with Gasteiger partial charge in [-0.25, -0.2) is 4.98 Å². The number of nitro groups is 1.